The van der Waals surface area contributed by atoms with Crippen LogP contribution in [0.5, 0.6) is 0 Å². The third-order valence-electron chi connectivity index (χ3n) is 3.93. The standard InChI is InChI=1S/C14H24F2N4/c1-11(2)19(9-12-4-3-5-17-8-12)10-13-18-6-7-20(13)14(15)16/h6-7,11-12,14,17H,3-5,8-10H2,1-2H3. The number of piperidine rings is 1. The van der Waals surface area contributed by atoms with Crippen LogP contribution in [0.4, 0.5) is 8.78 Å². The van der Waals surface area contributed by atoms with E-state index in [0.29, 0.717) is 24.3 Å². The van der Waals surface area contributed by atoms with Crippen molar-refractivity contribution >= 4 is 0 Å². The average molecular weight is 286 g/mol. The summed E-state index contributed by atoms with van der Waals surface area (Å²) in [6.45, 7) is 5.21. The van der Waals surface area contributed by atoms with Gasteiger partial charge in [-0.05, 0) is 45.7 Å². The van der Waals surface area contributed by atoms with Crippen molar-refractivity contribution in [2.45, 2.75) is 45.8 Å². The Morgan fingerprint density at radius 3 is 2.90 bits per heavy atom. The molecule has 4 nitrogen and oxygen atoms in total. The summed E-state index contributed by atoms with van der Waals surface area (Å²) in [7, 11) is 0. The molecule has 114 valence electrons. The lowest BCUT2D eigenvalue weighted by Gasteiger charge is -2.32. The summed E-state index contributed by atoms with van der Waals surface area (Å²) in [5.41, 5.74) is 0. The van der Waals surface area contributed by atoms with Crippen molar-refractivity contribution in [1.82, 2.24) is 19.8 Å². The summed E-state index contributed by atoms with van der Waals surface area (Å²) in [6.07, 6.45) is 5.20. The Hall–Kier alpha value is -1.01. The van der Waals surface area contributed by atoms with Crippen molar-refractivity contribution in [3.05, 3.63) is 18.2 Å². The Balaban J connectivity index is 1.99. The van der Waals surface area contributed by atoms with Crippen LogP contribution in [0, 0.1) is 5.92 Å². The summed E-state index contributed by atoms with van der Waals surface area (Å²) in [5.74, 6) is 1.04. The lowest BCUT2D eigenvalue weighted by molar-refractivity contribution is 0.0614. The highest BCUT2D eigenvalue weighted by Gasteiger charge is 2.21. The third-order valence-corrected chi connectivity index (χ3v) is 3.93. The van der Waals surface area contributed by atoms with Gasteiger partial charge in [0.25, 0.3) is 0 Å². The van der Waals surface area contributed by atoms with E-state index in [4.69, 9.17) is 0 Å². The van der Waals surface area contributed by atoms with Crippen LogP contribution in [-0.4, -0.2) is 40.1 Å². The fourth-order valence-corrected chi connectivity index (χ4v) is 2.70. The lowest BCUT2D eigenvalue weighted by atomic mass is 9.98. The van der Waals surface area contributed by atoms with Gasteiger partial charge >= 0.3 is 6.55 Å². The maximum atomic E-state index is 12.9. The van der Waals surface area contributed by atoms with Gasteiger partial charge in [-0.3, -0.25) is 9.47 Å². The molecule has 0 spiro atoms. The van der Waals surface area contributed by atoms with Crippen molar-refractivity contribution in [1.29, 1.82) is 0 Å². The molecule has 0 aromatic carbocycles. The second-order valence-corrected chi connectivity index (χ2v) is 5.76. The average Bonchev–Trinajstić information content (AvgIpc) is 2.87. The van der Waals surface area contributed by atoms with Crippen LogP contribution in [0.2, 0.25) is 0 Å². The molecule has 0 aliphatic carbocycles. The number of nitrogens with zero attached hydrogens (tertiary/aromatic N) is 3. The fraction of sp³-hybridized carbons (Fsp3) is 0.786. The molecular formula is C14H24F2N4. The van der Waals surface area contributed by atoms with E-state index >= 15 is 0 Å². The number of rotatable bonds is 6. The number of hydrogen-bond donors (Lipinski definition) is 1. The third kappa shape index (κ3) is 3.99. The highest BCUT2D eigenvalue weighted by molar-refractivity contribution is 4.93. The molecule has 1 fully saturated rings. The SMILES string of the molecule is CC(C)N(Cc1nccn1C(F)F)CC1CCCNC1. The highest BCUT2D eigenvalue weighted by Crippen LogP contribution is 2.18. The van der Waals surface area contributed by atoms with Gasteiger partial charge < -0.3 is 5.32 Å². The minimum Gasteiger partial charge on any atom is -0.316 e. The first-order chi connectivity index (χ1) is 9.58. The topological polar surface area (TPSA) is 33.1 Å². The number of alkyl halides is 2. The van der Waals surface area contributed by atoms with Crippen LogP contribution >= 0.6 is 0 Å². The largest absolute Gasteiger partial charge is 0.319 e. The number of nitrogens with one attached hydrogen (secondary N) is 1. The maximum Gasteiger partial charge on any atom is 0.319 e. The van der Waals surface area contributed by atoms with E-state index < -0.39 is 6.55 Å². The summed E-state index contributed by atoms with van der Waals surface area (Å²) >= 11 is 0. The van der Waals surface area contributed by atoms with E-state index in [1.54, 1.807) is 0 Å². The van der Waals surface area contributed by atoms with E-state index in [1.807, 2.05) is 0 Å². The van der Waals surface area contributed by atoms with Gasteiger partial charge in [0.05, 0.1) is 6.54 Å². The number of halogens is 2. The van der Waals surface area contributed by atoms with Crippen molar-refractivity contribution < 1.29 is 8.78 Å². The van der Waals surface area contributed by atoms with E-state index in [9.17, 15) is 8.78 Å². The minimum atomic E-state index is -2.52. The smallest absolute Gasteiger partial charge is 0.316 e. The van der Waals surface area contributed by atoms with Gasteiger partial charge in [0, 0.05) is 25.0 Å². The second kappa shape index (κ2) is 7.13. The van der Waals surface area contributed by atoms with Gasteiger partial charge in [-0.2, -0.15) is 8.78 Å². The maximum absolute atomic E-state index is 12.9. The van der Waals surface area contributed by atoms with Gasteiger partial charge in [0.2, 0.25) is 0 Å². The van der Waals surface area contributed by atoms with Crippen LogP contribution in [0.25, 0.3) is 0 Å². The normalized spacial score (nSPS) is 20.2. The first-order valence-electron chi connectivity index (χ1n) is 7.32. The summed E-state index contributed by atoms with van der Waals surface area (Å²) in [5, 5.41) is 3.40. The first kappa shape index (κ1) is 15.4. The molecule has 6 heteroatoms. The van der Waals surface area contributed by atoms with Gasteiger partial charge in [0.1, 0.15) is 5.82 Å². The molecule has 1 aromatic rings. The zero-order valence-corrected chi connectivity index (χ0v) is 12.2. The molecule has 0 amide bonds. The molecule has 1 unspecified atom stereocenters. The van der Waals surface area contributed by atoms with Crippen LogP contribution in [0.3, 0.4) is 0 Å². The van der Waals surface area contributed by atoms with E-state index in [0.717, 1.165) is 24.2 Å². The van der Waals surface area contributed by atoms with E-state index in [2.05, 4.69) is 29.0 Å². The van der Waals surface area contributed by atoms with Crippen molar-refractivity contribution in [3.63, 3.8) is 0 Å². The van der Waals surface area contributed by atoms with Crippen molar-refractivity contribution in [2.24, 2.45) is 5.92 Å². The predicted octanol–water partition coefficient (Wildman–Crippen LogP) is 2.49. The number of hydrogen-bond acceptors (Lipinski definition) is 3. The molecular weight excluding hydrogens is 262 g/mol. The molecule has 20 heavy (non-hydrogen) atoms. The Labute approximate surface area is 119 Å². The Bertz CT molecular complexity index is 400. The second-order valence-electron chi connectivity index (χ2n) is 5.76. The van der Waals surface area contributed by atoms with Gasteiger partial charge in [-0.1, -0.05) is 0 Å². The van der Waals surface area contributed by atoms with Crippen LogP contribution in [-0.2, 0) is 6.54 Å². The zero-order chi connectivity index (χ0) is 14.5. The summed E-state index contributed by atoms with van der Waals surface area (Å²) in [6, 6.07) is 0.319. The summed E-state index contributed by atoms with van der Waals surface area (Å²) in [4.78, 5) is 6.31. The first-order valence-corrected chi connectivity index (χ1v) is 7.32. The van der Waals surface area contributed by atoms with Crippen molar-refractivity contribution in [2.75, 3.05) is 19.6 Å². The molecule has 1 aliphatic heterocycles. The fourth-order valence-electron chi connectivity index (χ4n) is 2.70. The Morgan fingerprint density at radius 2 is 2.30 bits per heavy atom. The number of imidazole rings is 1. The number of aromatic nitrogens is 2. The lowest BCUT2D eigenvalue weighted by Crippen LogP contribution is -2.41. The van der Waals surface area contributed by atoms with Crippen LogP contribution in [0.15, 0.2) is 12.4 Å². The zero-order valence-electron chi connectivity index (χ0n) is 12.2. The molecule has 0 bridgehead atoms. The molecule has 2 rings (SSSR count). The van der Waals surface area contributed by atoms with Gasteiger partial charge in [0.15, 0.2) is 0 Å². The van der Waals surface area contributed by atoms with Gasteiger partial charge in [-0.25, -0.2) is 4.98 Å². The molecule has 0 radical (unpaired) electrons. The predicted molar refractivity (Wildman–Crippen MR) is 74.6 cm³/mol. The Morgan fingerprint density at radius 1 is 1.50 bits per heavy atom. The molecule has 1 aliphatic rings. The van der Waals surface area contributed by atoms with Crippen LogP contribution < -0.4 is 5.32 Å². The quantitative estimate of drug-likeness (QED) is 0.872. The monoisotopic (exact) mass is 286 g/mol. The van der Waals surface area contributed by atoms with Crippen LogP contribution in [0.1, 0.15) is 39.1 Å². The van der Waals surface area contributed by atoms with Gasteiger partial charge in [-0.15, -0.1) is 0 Å². The molecule has 1 aromatic heterocycles. The molecule has 1 atom stereocenters. The minimum absolute atomic E-state index is 0.319. The Kier molecular flexibility index (Phi) is 5.48. The molecule has 1 saturated heterocycles. The van der Waals surface area contributed by atoms with E-state index in [1.165, 1.54) is 25.2 Å². The molecule has 2 heterocycles. The summed E-state index contributed by atoms with van der Waals surface area (Å²) < 4.78 is 26.7. The highest BCUT2D eigenvalue weighted by atomic mass is 19.3. The van der Waals surface area contributed by atoms with Crippen molar-refractivity contribution in [3.8, 4) is 0 Å². The van der Waals surface area contributed by atoms with E-state index in [-0.39, 0.29) is 0 Å². The molecule has 1 N–H and O–H groups in total. The molecule has 0 saturated carbocycles.